The Morgan fingerprint density at radius 2 is 1.60 bits per heavy atom. The molecule has 3 aliphatic heterocycles. The van der Waals surface area contributed by atoms with Gasteiger partial charge in [-0.2, -0.15) is 17.9 Å². The molecular weight excluding hydrogens is 801 g/mol. The standard InChI is InChI=1S/C37H36Cl2FN3O7.C2HF3O2/c1-47-31-10-9-23(17-33(31)48-2)32(18-28-29(38)19-43(46)20-30(28)39)49-36(44)25-6-4-8-27(16-25)41-35(24-5-3-7-26(40)15-24)37(45)50-34-21-42-13-11-22(34)12-14-42;3-2(4,5)1(6)7/h3-10,15-17,19-20,22,32,34-35,41H,11-14,18,21H2,1-2H3;(H,6,7)/t32-,34-,35?;/m0./s1. The number of benzene rings is 3. The van der Waals surface area contributed by atoms with Gasteiger partial charge < -0.3 is 34.6 Å². The van der Waals surface area contributed by atoms with Crippen LogP contribution in [0.1, 0.15) is 52.0 Å². The summed E-state index contributed by atoms with van der Waals surface area (Å²) in [5.41, 5.74) is 1.93. The first-order chi connectivity index (χ1) is 27.1. The highest BCUT2D eigenvalue weighted by atomic mass is 35.5. The van der Waals surface area contributed by atoms with E-state index in [-0.39, 0.29) is 34.1 Å². The average Bonchev–Trinajstić information content (AvgIpc) is 3.18. The second-order valence-electron chi connectivity index (χ2n) is 13.1. The number of hydrogen-bond acceptors (Lipinski definition) is 10. The first-order valence-electron chi connectivity index (χ1n) is 17.4. The number of carboxylic acid groups (broad SMARTS) is 1. The molecule has 0 saturated carbocycles. The molecule has 4 heterocycles. The number of aromatic nitrogens is 1. The molecule has 2 bridgehead atoms. The van der Waals surface area contributed by atoms with Crippen molar-refractivity contribution in [3.05, 3.63) is 122 Å². The lowest BCUT2D eigenvalue weighted by atomic mass is 9.86. The van der Waals surface area contributed by atoms with Crippen LogP contribution in [-0.4, -0.2) is 74.0 Å². The van der Waals surface area contributed by atoms with Crippen molar-refractivity contribution in [1.29, 1.82) is 0 Å². The van der Waals surface area contributed by atoms with Crippen LogP contribution in [0.4, 0.5) is 23.2 Å². The van der Waals surface area contributed by atoms with Gasteiger partial charge in [-0.3, -0.25) is 4.90 Å². The Morgan fingerprint density at radius 3 is 2.18 bits per heavy atom. The largest absolute Gasteiger partial charge is 0.619 e. The van der Waals surface area contributed by atoms with Gasteiger partial charge in [-0.25, -0.2) is 18.8 Å². The molecule has 57 heavy (non-hydrogen) atoms. The first kappa shape index (κ1) is 42.8. The zero-order chi connectivity index (χ0) is 41.4. The van der Waals surface area contributed by atoms with Crippen molar-refractivity contribution in [2.75, 3.05) is 39.2 Å². The summed E-state index contributed by atoms with van der Waals surface area (Å²) < 4.78 is 69.5. The zero-order valence-corrected chi connectivity index (χ0v) is 31.9. The highest BCUT2D eigenvalue weighted by molar-refractivity contribution is 6.35. The van der Waals surface area contributed by atoms with Gasteiger partial charge in [0.15, 0.2) is 29.9 Å². The SMILES string of the molecule is COc1ccc([C@H](Cc2c(Cl)c[n+]([O-])cc2Cl)OC(=O)c2cccc(NC(C(=O)O[C@H]3CN4CCC3CC4)c3cccc(F)c3)c2)cc1OC.O=C(O)C(F)(F)F. The summed E-state index contributed by atoms with van der Waals surface area (Å²) in [5, 5.41) is 22.4. The lowest BCUT2D eigenvalue weighted by molar-refractivity contribution is -0.605. The summed E-state index contributed by atoms with van der Waals surface area (Å²) in [5.74, 6) is -3.30. The number of alkyl halides is 3. The summed E-state index contributed by atoms with van der Waals surface area (Å²) in [6.07, 6.45) is -1.96. The molecule has 0 spiro atoms. The van der Waals surface area contributed by atoms with Crippen molar-refractivity contribution in [3.8, 4) is 11.5 Å². The molecule has 2 N–H and O–H groups in total. The van der Waals surface area contributed by atoms with Crippen LogP contribution >= 0.6 is 23.2 Å². The quantitative estimate of drug-likeness (QED) is 0.0639. The molecule has 1 aromatic heterocycles. The minimum Gasteiger partial charge on any atom is -0.619 e. The van der Waals surface area contributed by atoms with Gasteiger partial charge in [0.1, 0.15) is 28.1 Å². The van der Waals surface area contributed by atoms with Gasteiger partial charge in [0, 0.05) is 24.2 Å². The number of pyridine rings is 1. The fourth-order valence-corrected chi connectivity index (χ4v) is 7.12. The molecule has 304 valence electrons. The van der Waals surface area contributed by atoms with E-state index in [9.17, 15) is 32.4 Å². The second kappa shape index (κ2) is 18.7. The van der Waals surface area contributed by atoms with E-state index in [0.717, 1.165) is 25.9 Å². The van der Waals surface area contributed by atoms with E-state index in [1.807, 2.05) is 0 Å². The number of fused-ring (bicyclic) bond motifs is 3. The van der Waals surface area contributed by atoms with Gasteiger partial charge in [0.25, 0.3) is 0 Å². The molecule has 4 aromatic rings. The van der Waals surface area contributed by atoms with Crippen molar-refractivity contribution >= 4 is 46.8 Å². The van der Waals surface area contributed by atoms with Gasteiger partial charge in [-0.05, 0) is 85.4 Å². The number of carbonyl (C=O) groups is 3. The van der Waals surface area contributed by atoms with Crippen LogP contribution in [0.25, 0.3) is 0 Å². The molecule has 0 aliphatic carbocycles. The number of rotatable bonds is 12. The highest BCUT2D eigenvalue weighted by Crippen LogP contribution is 2.36. The van der Waals surface area contributed by atoms with E-state index < -0.39 is 42.0 Å². The van der Waals surface area contributed by atoms with Gasteiger partial charge >= 0.3 is 24.1 Å². The molecule has 3 saturated heterocycles. The third-order valence-electron chi connectivity index (χ3n) is 9.41. The number of hydrogen-bond donors (Lipinski definition) is 2. The zero-order valence-electron chi connectivity index (χ0n) is 30.4. The average molecular weight is 839 g/mol. The summed E-state index contributed by atoms with van der Waals surface area (Å²) in [4.78, 5) is 38.6. The Kier molecular flexibility index (Phi) is 14.1. The molecule has 18 heteroatoms. The number of aliphatic carboxylic acids is 1. The van der Waals surface area contributed by atoms with Crippen LogP contribution in [0, 0.1) is 16.9 Å². The number of methoxy groups -OCH3 is 2. The Labute approximate surface area is 334 Å². The second-order valence-corrected chi connectivity index (χ2v) is 13.9. The summed E-state index contributed by atoms with van der Waals surface area (Å²) in [6, 6.07) is 16.3. The van der Waals surface area contributed by atoms with E-state index >= 15 is 0 Å². The number of nitrogens with zero attached hydrogens (tertiary/aromatic N) is 2. The highest BCUT2D eigenvalue weighted by Gasteiger charge is 2.39. The Hall–Kier alpha value is -5.32. The number of carbonyl (C=O) groups excluding carboxylic acids is 2. The van der Waals surface area contributed by atoms with Crippen LogP contribution in [0.3, 0.4) is 0 Å². The lowest BCUT2D eigenvalue weighted by Gasteiger charge is -2.44. The normalized spacial score (nSPS) is 18.3. The Morgan fingerprint density at radius 1 is 0.947 bits per heavy atom. The van der Waals surface area contributed by atoms with E-state index in [4.69, 9.17) is 52.1 Å². The van der Waals surface area contributed by atoms with Crippen LogP contribution in [0.5, 0.6) is 11.5 Å². The number of ether oxygens (including phenoxy) is 4. The van der Waals surface area contributed by atoms with E-state index in [0.29, 0.717) is 45.2 Å². The monoisotopic (exact) mass is 837 g/mol. The summed E-state index contributed by atoms with van der Waals surface area (Å²) in [7, 11) is 3.00. The lowest BCUT2D eigenvalue weighted by Crippen LogP contribution is -2.52. The van der Waals surface area contributed by atoms with E-state index in [1.165, 1.54) is 44.8 Å². The van der Waals surface area contributed by atoms with Crippen LogP contribution in [-0.2, 0) is 25.5 Å². The molecular formula is C39H37Cl2F4N3O9. The van der Waals surface area contributed by atoms with Gasteiger partial charge in [0.2, 0.25) is 0 Å². The minimum atomic E-state index is -5.08. The summed E-state index contributed by atoms with van der Waals surface area (Å²) >= 11 is 12.8. The maximum absolute atomic E-state index is 14.4. The van der Waals surface area contributed by atoms with Crippen molar-refractivity contribution in [3.63, 3.8) is 0 Å². The minimum absolute atomic E-state index is 0.0325. The van der Waals surface area contributed by atoms with Crippen molar-refractivity contribution < 1.29 is 60.7 Å². The number of nitrogens with one attached hydrogen (secondary N) is 1. The molecule has 0 radical (unpaired) electrons. The van der Waals surface area contributed by atoms with Gasteiger partial charge in [0.05, 0.1) is 19.8 Å². The summed E-state index contributed by atoms with van der Waals surface area (Å²) in [6.45, 7) is 2.66. The Bertz CT molecular complexity index is 2060. The maximum atomic E-state index is 14.4. The van der Waals surface area contributed by atoms with Crippen LogP contribution in [0.2, 0.25) is 10.0 Å². The molecule has 0 amide bonds. The molecule has 1 unspecified atom stereocenters. The van der Waals surface area contributed by atoms with Crippen molar-refractivity contribution in [1.82, 2.24) is 4.90 Å². The number of halogens is 6. The fraction of sp³-hybridized carbons (Fsp3) is 0.333. The molecule has 3 atom stereocenters. The van der Waals surface area contributed by atoms with Crippen LogP contribution < -0.4 is 19.5 Å². The first-order valence-corrected chi connectivity index (χ1v) is 18.2. The third kappa shape index (κ3) is 11.2. The Balaban J connectivity index is 0.000000811. The topological polar surface area (TPSA) is 151 Å². The van der Waals surface area contributed by atoms with Crippen molar-refractivity contribution in [2.45, 2.75) is 43.7 Å². The number of carboxylic acids is 1. The predicted octanol–water partition coefficient (Wildman–Crippen LogP) is 7.35. The van der Waals surface area contributed by atoms with Gasteiger partial charge in [-0.15, -0.1) is 0 Å². The number of piperidine rings is 3. The molecule has 3 aliphatic rings. The smallest absolute Gasteiger partial charge is 0.490 e. The molecule has 7 rings (SSSR count). The molecule has 12 nitrogen and oxygen atoms in total. The third-order valence-corrected chi connectivity index (χ3v) is 10.1. The fourth-order valence-electron chi connectivity index (χ4n) is 6.52. The van der Waals surface area contributed by atoms with Crippen LogP contribution in [0.15, 0.2) is 79.1 Å². The molecule has 3 aromatic carbocycles. The van der Waals surface area contributed by atoms with Gasteiger partial charge in [-0.1, -0.05) is 47.5 Å². The maximum Gasteiger partial charge on any atom is 0.490 e. The number of anilines is 1. The van der Waals surface area contributed by atoms with E-state index in [2.05, 4.69) is 10.2 Å². The van der Waals surface area contributed by atoms with E-state index in [1.54, 1.807) is 48.5 Å². The number of esters is 2. The molecule has 3 fully saturated rings. The van der Waals surface area contributed by atoms with Crippen molar-refractivity contribution in [2.24, 2.45) is 5.92 Å². The predicted molar refractivity (Wildman–Crippen MR) is 199 cm³/mol.